The molecule has 0 aliphatic carbocycles. The summed E-state index contributed by atoms with van der Waals surface area (Å²) >= 11 is 1.36. The Hall–Kier alpha value is -4.03. The lowest BCUT2D eigenvalue weighted by atomic mass is 9.99. The molecule has 0 radical (unpaired) electrons. The second kappa shape index (κ2) is 9.31. The van der Waals surface area contributed by atoms with Gasteiger partial charge in [0.15, 0.2) is 0 Å². The predicted octanol–water partition coefficient (Wildman–Crippen LogP) is 7.16. The van der Waals surface area contributed by atoms with E-state index in [0.717, 1.165) is 37.8 Å². The van der Waals surface area contributed by atoms with Crippen LogP contribution in [0.25, 0.3) is 32.2 Å². The van der Waals surface area contributed by atoms with Gasteiger partial charge in [0.25, 0.3) is 5.91 Å². The molecule has 5 nitrogen and oxygen atoms in total. The average molecular weight is 481 g/mol. The third-order valence-electron chi connectivity index (χ3n) is 5.92. The smallest absolute Gasteiger partial charge is 0.341 e. The zero-order valence-corrected chi connectivity index (χ0v) is 20.5. The Morgan fingerprint density at radius 1 is 0.943 bits per heavy atom. The van der Waals surface area contributed by atoms with E-state index in [1.165, 1.54) is 16.9 Å². The van der Waals surface area contributed by atoms with Crippen molar-refractivity contribution in [2.45, 2.75) is 20.8 Å². The largest absolute Gasteiger partial charge is 0.462 e. The third kappa shape index (κ3) is 4.29. The second-order valence-electron chi connectivity index (χ2n) is 8.37. The first-order valence-corrected chi connectivity index (χ1v) is 12.3. The maximum absolute atomic E-state index is 13.7. The fourth-order valence-electron chi connectivity index (χ4n) is 4.31. The second-order valence-corrected chi connectivity index (χ2v) is 9.42. The van der Waals surface area contributed by atoms with Crippen molar-refractivity contribution in [3.8, 4) is 11.3 Å². The van der Waals surface area contributed by atoms with E-state index in [2.05, 4.69) is 18.3 Å². The molecular weight excluding hydrogens is 456 g/mol. The Morgan fingerprint density at radius 2 is 1.69 bits per heavy atom. The number of esters is 1. The monoisotopic (exact) mass is 480 g/mol. The van der Waals surface area contributed by atoms with Gasteiger partial charge >= 0.3 is 5.97 Å². The molecule has 0 atom stereocenters. The van der Waals surface area contributed by atoms with Crippen molar-refractivity contribution in [2.75, 3.05) is 11.9 Å². The summed E-state index contributed by atoms with van der Waals surface area (Å²) in [7, 11) is 0. The number of anilines is 1. The van der Waals surface area contributed by atoms with Crippen molar-refractivity contribution in [1.82, 2.24) is 4.98 Å². The van der Waals surface area contributed by atoms with Gasteiger partial charge in [-0.3, -0.25) is 4.79 Å². The number of carbonyl (C=O) groups excluding carboxylic acids is 2. The van der Waals surface area contributed by atoms with Crippen LogP contribution in [0.4, 0.5) is 5.00 Å². The lowest BCUT2D eigenvalue weighted by Crippen LogP contribution is -2.15. The molecule has 2 heterocycles. The number of hydrogen-bond donors (Lipinski definition) is 1. The summed E-state index contributed by atoms with van der Waals surface area (Å²) in [4.78, 5) is 31.3. The van der Waals surface area contributed by atoms with E-state index in [4.69, 9.17) is 9.72 Å². The Kier molecular flexibility index (Phi) is 6.05. The predicted molar refractivity (Wildman–Crippen MR) is 142 cm³/mol. The van der Waals surface area contributed by atoms with Gasteiger partial charge in [0.2, 0.25) is 0 Å². The molecule has 3 aromatic carbocycles. The normalized spacial score (nSPS) is 11.1. The molecule has 0 aliphatic heterocycles. The summed E-state index contributed by atoms with van der Waals surface area (Å²) in [5.74, 6) is -0.748. The van der Waals surface area contributed by atoms with Crippen LogP contribution in [-0.2, 0) is 4.74 Å². The number of thiophene rings is 1. The number of rotatable bonds is 5. The maximum Gasteiger partial charge on any atom is 0.341 e. The van der Waals surface area contributed by atoms with Crippen molar-refractivity contribution in [2.24, 2.45) is 0 Å². The van der Waals surface area contributed by atoms with Gasteiger partial charge in [0.1, 0.15) is 10.6 Å². The number of hydrogen-bond acceptors (Lipinski definition) is 5. The van der Waals surface area contributed by atoms with E-state index in [9.17, 15) is 9.59 Å². The number of nitrogens with zero attached hydrogens (tertiary/aromatic N) is 1. The van der Waals surface area contributed by atoms with Gasteiger partial charge in [-0.2, -0.15) is 0 Å². The van der Waals surface area contributed by atoms with Gasteiger partial charge in [0.05, 0.1) is 23.4 Å². The van der Waals surface area contributed by atoms with Crippen molar-refractivity contribution in [3.05, 3.63) is 95.1 Å². The molecule has 5 aromatic rings. The summed E-state index contributed by atoms with van der Waals surface area (Å²) in [5, 5.41) is 4.99. The Balaban J connectivity index is 1.62. The van der Waals surface area contributed by atoms with Crippen LogP contribution in [0.2, 0.25) is 0 Å². The molecule has 0 spiro atoms. The summed E-state index contributed by atoms with van der Waals surface area (Å²) in [6.45, 7) is 6.12. The van der Waals surface area contributed by atoms with Crippen LogP contribution in [0.3, 0.4) is 0 Å². The van der Waals surface area contributed by atoms with E-state index >= 15 is 0 Å². The van der Waals surface area contributed by atoms with Crippen molar-refractivity contribution >= 4 is 49.2 Å². The Morgan fingerprint density at radius 3 is 2.46 bits per heavy atom. The first-order valence-electron chi connectivity index (χ1n) is 11.4. The third-order valence-corrected chi connectivity index (χ3v) is 7.01. The number of amides is 1. The zero-order valence-electron chi connectivity index (χ0n) is 19.7. The standard InChI is InChI=1S/C29H24N2O3S/c1-4-34-29(33)26-21-10-6-8-12-25(21)35-28(26)31-27(32)22-16-24(19-14-13-17(2)15-18(19)3)30-23-11-7-5-9-20(22)23/h5-16H,4H2,1-3H3,(H,31,32). The first-order chi connectivity index (χ1) is 17.0. The molecule has 5 rings (SSSR count). The molecule has 174 valence electrons. The van der Waals surface area contributed by atoms with Gasteiger partial charge in [-0.05, 0) is 44.5 Å². The topological polar surface area (TPSA) is 68.3 Å². The Labute approximate surface area is 207 Å². The van der Waals surface area contributed by atoms with E-state index in [1.54, 1.807) is 6.92 Å². The number of ether oxygens (including phenoxy) is 1. The van der Waals surface area contributed by atoms with Crippen LogP contribution in [0.15, 0.2) is 72.8 Å². The van der Waals surface area contributed by atoms with Gasteiger partial charge in [-0.1, -0.05) is 60.2 Å². The van der Waals surface area contributed by atoms with Gasteiger partial charge in [0, 0.05) is 21.0 Å². The molecule has 0 unspecified atom stereocenters. The quantitative estimate of drug-likeness (QED) is 0.271. The van der Waals surface area contributed by atoms with Crippen LogP contribution >= 0.6 is 11.3 Å². The minimum atomic E-state index is -0.448. The fourth-order valence-corrected chi connectivity index (χ4v) is 5.40. The molecule has 0 fully saturated rings. The van der Waals surface area contributed by atoms with Crippen LogP contribution in [-0.4, -0.2) is 23.5 Å². The summed E-state index contributed by atoms with van der Waals surface area (Å²) in [6, 6.07) is 23.2. The van der Waals surface area contributed by atoms with Crippen LogP contribution in [0.1, 0.15) is 38.8 Å². The van der Waals surface area contributed by atoms with Crippen molar-refractivity contribution < 1.29 is 14.3 Å². The molecule has 0 saturated carbocycles. The average Bonchev–Trinajstić information content (AvgIpc) is 3.21. The molecule has 1 N–H and O–H groups in total. The summed E-state index contributed by atoms with van der Waals surface area (Å²) < 4.78 is 6.20. The van der Waals surface area contributed by atoms with Gasteiger partial charge in [-0.25, -0.2) is 9.78 Å². The van der Waals surface area contributed by atoms with Crippen molar-refractivity contribution in [1.29, 1.82) is 0 Å². The number of pyridine rings is 1. The van der Waals surface area contributed by atoms with Crippen LogP contribution in [0, 0.1) is 13.8 Å². The van der Waals surface area contributed by atoms with E-state index in [0.29, 0.717) is 16.1 Å². The number of fused-ring (bicyclic) bond motifs is 2. The highest BCUT2D eigenvalue weighted by Gasteiger charge is 2.23. The number of aromatic nitrogens is 1. The van der Waals surface area contributed by atoms with E-state index < -0.39 is 5.97 Å². The highest BCUT2D eigenvalue weighted by molar-refractivity contribution is 7.23. The Bertz CT molecular complexity index is 1600. The molecule has 0 aliphatic rings. The number of aryl methyl sites for hydroxylation is 2. The first kappa shape index (κ1) is 22.7. The number of benzene rings is 3. The minimum Gasteiger partial charge on any atom is -0.462 e. The van der Waals surface area contributed by atoms with Crippen molar-refractivity contribution in [3.63, 3.8) is 0 Å². The molecule has 35 heavy (non-hydrogen) atoms. The summed E-state index contributed by atoms with van der Waals surface area (Å²) in [6.07, 6.45) is 0. The highest BCUT2D eigenvalue weighted by Crippen LogP contribution is 2.37. The highest BCUT2D eigenvalue weighted by atomic mass is 32.1. The molecule has 0 saturated heterocycles. The lowest BCUT2D eigenvalue weighted by Gasteiger charge is -2.12. The molecule has 2 aromatic heterocycles. The SMILES string of the molecule is CCOC(=O)c1c(NC(=O)c2cc(-c3ccc(C)cc3C)nc3ccccc23)sc2ccccc12. The fraction of sp³-hybridized carbons (Fsp3) is 0.138. The molecule has 0 bridgehead atoms. The summed E-state index contributed by atoms with van der Waals surface area (Å²) in [5.41, 5.74) is 5.58. The molecular formula is C29H24N2O3S. The van der Waals surface area contributed by atoms with Crippen LogP contribution in [0.5, 0.6) is 0 Å². The number of para-hydroxylation sites is 1. The number of carbonyl (C=O) groups is 2. The van der Waals surface area contributed by atoms with Gasteiger partial charge in [-0.15, -0.1) is 11.3 Å². The maximum atomic E-state index is 13.7. The number of nitrogens with one attached hydrogen (secondary N) is 1. The van der Waals surface area contributed by atoms with Gasteiger partial charge < -0.3 is 10.1 Å². The van der Waals surface area contributed by atoms with E-state index in [1.807, 2.05) is 73.7 Å². The molecule has 6 heteroatoms. The minimum absolute atomic E-state index is 0.255. The molecule has 1 amide bonds. The lowest BCUT2D eigenvalue weighted by molar-refractivity contribution is 0.0530. The zero-order chi connectivity index (χ0) is 24.5. The van der Waals surface area contributed by atoms with Crippen LogP contribution < -0.4 is 5.32 Å². The van der Waals surface area contributed by atoms with E-state index in [-0.39, 0.29) is 12.5 Å².